The molecule has 0 atom stereocenters. The second kappa shape index (κ2) is 20.9. The molecule has 13 aromatic rings. The van der Waals surface area contributed by atoms with Gasteiger partial charge in [-0.3, -0.25) is 0 Å². The van der Waals surface area contributed by atoms with E-state index in [9.17, 15) is 0 Å². The molecule has 0 radical (unpaired) electrons. The van der Waals surface area contributed by atoms with Crippen molar-refractivity contribution in [2.24, 2.45) is 0 Å². The van der Waals surface area contributed by atoms with E-state index < -0.39 is 0 Å². The number of nitrogens with zero attached hydrogens (tertiary/aromatic N) is 3. The van der Waals surface area contributed by atoms with Crippen LogP contribution in [0.3, 0.4) is 0 Å². The van der Waals surface area contributed by atoms with Gasteiger partial charge >= 0.3 is 20.1 Å². The third-order valence-corrected chi connectivity index (χ3v) is 14.4. The molecule has 0 N–H and O–H groups in total. The Hall–Kier alpha value is -9.12. The summed E-state index contributed by atoms with van der Waals surface area (Å²) in [5, 5.41) is 2.19. The van der Waals surface area contributed by atoms with Crippen molar-refractivity contribution < 1.29 is 24.5 Å². The van der Waals surface area contributed by atoms with Gasteiger partial charge in [-0.1, -0.05) is 172 Å². The quantitative estimate of drug-likeness (QED) is 0.128. The van der Waals surface area contributed by atoms with Crippen LogP contribution < -0.4 is 0 Å². The van der Waals surface area contributed by atoms with Crippen LogP contribution in [0.25, 0.3) is 134 Å². The van der Waals surface area contributed by atoms with Gasteiger partial charge in [0.1, 0.15) is 11.2 Å². The Kier molecular flexibility index (Phi) is 13.2. The van der Waals surface area contributed by atoms with E-state index in [0.717, 1.165) is 150 Å². The Morgan fingerprint density at radius 1 is 0.299 bits per heavy atom. The average Bonchev–Trinajstić information content (AvgIpc) is 3.87. The van der Waals surface area contributed by atoms with Crippen LogP contribution in [-0.2, 0) is 20.1 Å². The minimum atomic E-state index is 0. The van der Waals surface area contributed by atoms with Crippen molar-refractivity contribution in [3.8, 4) is 112 Å². The van der Waals surface area contributed by atoms with Gasteiger partial charge in [-0.15, -0.1) is 83.4 Å². The first kappa shape index (κ1) is 48.8. The number of furan rings is 1. The molecule has 13 rings (SSSR count). The van der Waals surface area contributed by atoms with Crippen molar-refractivity contribution in [1.29, 1.82) is 0 Å². The molecule has 0 unspecified atom stereocenters. The molecule has 9 aromatic carbocycles. The van der Waals surface area contributed by atoms with E-state index in [4.69, 9.17) is 19.4 Å². The molecule has 4 nitrogen and oxygen atoms in total. The summed E-state index contributed by atoms with van der Waals surface area (Å²) in [6, 6.07) is 88.5. The number of aromatic nitrogens is 3. The standard InChI is InChI=1S/C72H48N3O.Ir/c1-46-20-35-68(73-43-46)51-27-23-49(24-28-51)58-12-4-6-14-60(58)55-38-56(61-15-7-5-13-59(61)50-25-29-52(30-26-50)69-36-21-47(2)44-74-69)40-57(39-55)62-16-8-9-17-63(62)64-33-32-54(70-37-22-48(3)45-75-70)41-67(64)53-31-34-66-65-18-10-11-19-71(65)76-72(66)42-53;/h4-27,29,31,33-45H,1-3H3;/q-3;+3. The van der Waals surface area contributed by atoms with Crippen molar-refractivity contribution in [2.75, 3.05) is 0 Å². The molecule has 4 heterocycles. The van der Waals surface area contributed by atoms with E-state index in [1.807, 2.05) is 30.7 Å². The van der Waals surface area contributed by atoms with Crippen LogP contribution in [0, 0.1) is 39.0 Å². The first-order chi connectivity index (χ1) is 37.4. The van der Waals surface area contributed by atoms with Gasteiger partial charge in [-0.25, -0.2) is 0 Å². The van der Waals surface area contributed by atoms with E-state index >= 15 is 0 Å². The van der Waals surface area contributed by atoms with Gasteiger partial charge in [0.2, 0.25) is 0 Å². The summed E-state index contributed by atoms with van der Waals surface area (Å²) >= 11 is 0. The summed E-state index contributed by atoms with van der Waals surface area (Å²) in [7, 11) is 0. The number of hydrogen-bond acceptors (Lipinski definition) is 4. The van der Waals surface area contributed by atoms with Gasteiger partial charge in [-0.05, 0) is 130 Å². The molecule has 0 bridgehead atoms. The number of hydrogen-bond donors (Lipinski definition) is 0. The summed E-state index contributed by atoms with van der Waals surface area (Å²) < 4.78 is 6.50. The zero-order valence-electron chi connectivity index (χ0n) is 42.6. The predicted molar refractivity (Wildman–Crippen MR) is 312 cm³/mol. The van der Waals surface area contributed by atoms with Gasteiger partial charge < -0.3 is 19.4 Å². The van der Waals surface area contributed by atoms with Crippen molar-refractivity contribution in [3.63, 3.8) is 0 Å². The number of para-hydroxylation sites is 1. The molecular formula is C72H48IrN3O. The summed E-state index contributed by atoms with van der Waals surface area (Å²) in [5.74, 6) is 0. The SMILES string of the molecule is Cc1ccc(-c2[c-]cc(-c3ccccc3-c3cc(-c4ccccc4-c4c[c-]c(-c5ccc(C)cn5)cc4)cc(-c4ccccc4-c4c[c-]c(-c5ccc(C)cn5)cc4-c4ccc5c(c4)oc4ccccc45)c3)cc2)nc1.[Ir+3]. The molecule has 0 saturated heterocycles. The summed E-state index contributed by atoms with van der Waals surface area (Å²) in [6.45, 7) is 6.17. The van der Waals surface area contributed by atoms with Gasteiger partial charge in [0.15, 0.2) is 0 Å². The molecule has 4 aromatic heterocycles. The second-order valence-electron chi connectivity index (χ2n) is 19.6. The molecule has 366 valence electrons. The monoisotopic (exact) mass is 1160 g/mol. The Morgan fingerprint density at radius 2 is 0.714 bits per heavy atom. The van der Waals surface area contributed by atoms with E-state index in [1.165, 1.54) is 0 Å². The molecule has 0 amide bonds. The second-order valence-corrected chi connectivity index (χ2v) is 19.6. The molecule has 0 aliphatic heterocycles. The first-order valence-corrected chi connectivity index (χ1v) is 25.6. The number of aryl methyl sites for hydroxylation is 3. The molecule has 0 aliphatic rings. The van der Waals surface area contributed by atoms with Crippen LogP contribution >= 0.6 is 0 Å². The Balaban J connectivity index is 0.00000596. The first-order valence-electron chi connectivity index (χ1n) is 25.6. The van der Waals surface area contributed by atoms with Crippen LogP contribution in [0.5, 0.6) is 0 Å². The third kappa shape index (κ3) is 9.64. The largest absolute Gasteiger partial charge is 3.00 e. The maximum atomic E-state index is 6.50. The Labute approximate surface area is 462 Å². The smallest absolute Gasteiger partial charge is 0.456 e. The molecule has 77 heavy (non-hydrogen) atoms. The van der Waals surface area contributed by atoms with E-state index in [0.29, 0.717) is 0 Å². The molecule has 0 spiro atoms. The zero-order valence-corrected chi connectivity index (χ0v) is 45.0. The molecular weight excluding hydrogens is 1120 g/mol. The van der Waals surface area contributed by atoms with Crippen molar-refractivity contribution in [1.82, 2.24) is 15.0 Å². The number of rotatable bonds is 10. The zero-order chi connectivity index (χ0) is 51.1. The van der Waals surface area contributed by atoms with Crippen molar-refractivity contribution in [2.45, 2.75) is 20.8 Å². The Morgan fingerprint density at radius 3 is 1.19 bits per heavy atom. The average molecular weight is 1160 g/mol. The van der Waals surface area contributed by atoms with Crippen molar-refractivity contribution in [3.05, 3.63) is 272 Å². The summed E-state index contributed by atoms with van der Waals surface area (Å²) in [4.78, 5) is 14.2. The Bertz CT molecular complexity index is 4120. The van der Waals surface area contributed by atoms with Crippen molar-refractivity contribution >= 4 is 21.9 Å². The maximum absolute atomic E-state index is 6.50. The fraction of sp³-hybridized carbons (Fsp3) is 0.0417. The summed E-state index contributed by atoms with van der Waals surface area (Å²) in [5.41, 5.74) is 25.7. The minimum absolute atomic E-state index is 0. The topological polar surface area (TPSA) is 51.8 Å². The molecule has 0 saturated carbocycles. The number of benzene rings is 9. The van der Waals surface area contributed by atoms with E-state index in [1.54, 1.807) is 0 Å². The van der Waals surface area contributed by atoms with Gasteiger partial charge in [-0.2, -0.15) is 0 Å². The van der Waals surface area contributed by atoms with Crippen LogP contribution in [0.4, 0.5) is 0 Å². The van der Waals surface area contributed by atoms with Crippen LogP contribution in [0.2, 0.25) is 0 Å². The van der Waals surface area contributed by atoms with Gasteiger partial charge in [0, 0.05) is 29.4 Å². The summed E-state index contributed by atoms with van der Waals surface area (Å²) in [6.07, 6.45) is 5.73. The van der Waals surface area contributed by atoms with Gasteiger partial charge in [0.25, 0.3) is 0 Å². The van der Waals surface area contributed by atoms with Gasteiger partial charge in [0.05, 0.1) is 0 Å². The van der Waals surface area contributed by atoms with Crippen LogP contribution in [0.1, 0.15) is 16.7 Å². The minimum Gasteiger partial charge on any atom is -0.456 e. The van der Waals surface area contributed by atoms with E-state index in [2.05, 4.69) is 245 Å². The number of pyridine rings is 3. The predicted octanol–water partition coefficient (Wildman–Crippen LogP) is 18.8. The normalized spacial score (nSPS) is 11.2. The molecule has 0 aliphatic carbocycles. The third-order valence-electron chi connectivity index (χ3n) is 14.4. The number of fused-ring (bicyclic) bond motifs is 3. The molecule has 5 heteroatoms. The van der Waals surface area contributed by atoms with E-state index in [-0.39, 0.29) is 20.1 Å². The fourth-order valence-corrected chi connectivity index (χ4v) is 10.4. The fourth-order valence-electron chi connectivity index (χ4n) is 10.4. The maximum Gasteiger partial charge on any atom is 3.00 e. The van der Waals surface area contributed by atoms with Crippen LogP contribution in [-0.4, -0.2) is 15.0 Å². The van der Waals surface area contributed by atoms with Crippen LogP contribution in [0.15, 0.2) is 241 Å². The molecule has 0 fully saturated rings.